The van der Waals surface area contributed by atoms with Gasteiger partial charge >= 0.3 is 0 Å². The zero-order chi connectivity index (χ0) is 11.3. The summed E-state index contributed by atoms with van der Waals surface area (Å²) in [7, 11) is 0. The third-order valence-electron chi connectivity index (χ3n) is 3.33. The average molecular weight is 212 g/mol. The van der Waals surface area contributed by atoms with Crippen LogP contribution in [0.15, 0.2) is 0 Å². The number of amides is 1. The number of carbonyl (C=O) groups is 1. The molecule has 0 aromatic carbocycles. The molecular weight excluding hydrogens is 188 g/mol. The van der Waals surface area contributed by atoms with E-state index in [2.05, 4.69) is 12.2 Å². The quantitative estimate of drug-likeness (QED) is 0.674. The van der Waals surface area contributed by atoms with Crippen molar-refractivity contribution in [1.29, 1.82) is 0 Å². The van der Waals surface area contributed by atoms with Crippen LogP contribution in [0.4, 0.5) is 0 Å². The maximum Gasteiger partial charge on any atom is 0.220 e. The first-order valence-electron chi connectivity index (χ1n) is 6.08. The summed E-state index contributed by atoms with van der Waals surface area (Å²) in [5.41, 5.74) is 5.94. The first-order valence-corrected chi connectivity index (χ1v) is 6.08. The predicted octanol–water partition coefficient (Wildman–Crippen LogP) is 1.67. The van der Waals surface area contributed by atoms with Gasteiger partial charge < -0.3 is 11.1 Å². The molecule has 0 saturated heterocycles. The minimum atomic E-state index is 0.162. The molecule has 1 rings (SSSR count). The molecule has 3 nitrogen and oxygen atoms in total. The van der Waals surface area contributed by atoms with E-state index < -0.39 is 0 Å². The average Bonchev–Trinajstić information content (AvgIpc) is 2.96. The summed E-state index contributed by atoms with van der Waals surface area (Å²) in [6.07, 6.45) is 5.61. The zero-order valence-corrected chi connectivity index (χ0v) is 10.0. The van der Waals surface area contributed by atoms with Crippen LogP contribution < -0.4 is 11.1 Å². The number of carbonyl (C=O) groups excluding carboxylic acids is 1. The van der Waals surface area contributed by atoms with Gasteiger partial charge in [0.2, 0.25) is 5.91 Å². The van der Waals surface area contributed by atoms with Crippen molar-refractivity contribution in [2.75, 3.05) is 13.1 Å². The SMILES string of the molecule is CCCC1(CNC(=O)CC(C)CN)CC1. The smallest absolute Gasteiger partial charge is 0.220 e. The molecule has 0 aliphatic heterocycles. The highest BCUT2D eigenvalue weighted by Gasteiger charge is 2.41. The van der Waals surface area contributed by atoms with Gasteiger partial charge in [0.05, 0.1) is 0 Å². The van der Waals surface area contributed by atoms with Crippen molar-refractivity contribution in [1.82, 2.24) is 5.32 Å². The summed E-state index contributed by atoms with van der Waals surface area (Å²) in [4.78, 5) is 11.5. The Labute approximate surface area is 92.8 Å². The van der Waals surface area contributed by atoms with E-state index in [0.717, 1.165) is 6.54 Å². The number of rotatable bonds is 7. The van der Waals surface area contributed by atoms with E-state index in [1.54, 1.807) is 0 Å². The lowest BCUT2D eigenvalue weighted by atomic mass is 10.0. The van der Waals surface area contributed by atoms with E-state index in [1.807, 2.05) is 6.92 Å². The molecule has 0 radical (unpaired) electrons. The molecule has 1 fully saturated rings. The highest BCUT2D eigenvalue weighted by atomic mass is 16.1. The number of hydrogen-bond acceptors (Lipinski definition) is 2. The van der Waals surface area contributed by atoms with Gasteiger partial charge in [-0.3, -0.25) is 4.79 Å². The summed E-state index contributed by atoms with van der Waals surface area (Å²) >= 11 is 0. The van der Waals surface area contributed by atoms with Crippen LogP contribution in [0.25, 0.3) is 0 Å². The van der Waals surface area contributed by atoms with Crippen LogP contribution >= 0.6 is 0 Å². The fraction of sp³-hybridized carbons (Fsp3) is 0.917. The molecular formula is C12H24N2O. The Morgan fingerprint density at radius 1 is 1.53 bits per heavy atom. The summed E-state index contributed by atoms with van der Waals surface area (Å²) in [6.45, 7) is 5.68. The monoisotopic (exact) mass is 212 g/mol. The van der Waals surface area contributed by atoms with Crippen LogP contribution in [-0.4, -0.2) is 19.0 Å². The van der Waals surface area contributed by atoms with Gasteiger partial charge in [0.1, 0.15) is 0 Å². The van der Waals surface area contributed by atoms with Crippen LogP contribution in [0.1, 0.15) is 46.0 Å². The predicted molar refractivity (Wildman–Crippen MR) is 62.4 cm³/mol. The molecule has 0 bridgehead atoms. The van der Waals surface area contributed by atoms with Crippen LogP contribution in [0.5, 0.6) is 0 Å². The Hall–Kier alpha value is -0.570. The fourth-order valence-corrected chi connectivity index (χ4v) is 1.98. The van der Waals surface area contributed by atoms with Gasteiger partial charge in [0, 0.05) is 13.0 Å². The van der Waals surface area contributed by atoms with Gasteiger partial charge in [0.25, 0.3) is 0 Å². The lowest BCUT2D eigenvalue weighted by Crippen LogP contribution is -2.32. The normalized spacial score (nSPS) is 19.7. The van der Waals surface area contributed by atoms with Crippen molar-refractivity contribution < 1.29 is 4.79 Å². The number of nitrogens with one attached hydrogen (secondary N) is 1. The molecule has 15 heavy (non-hydrogen) atoms. The maximum absolute atomic E-state index is 11.5. The van der Waals surface area contributed by atoms with E-state index in [9.17, 15) is 4.79 Å². The van der Waals surface area contributed by atoms with Crippen molar-refractivity contribution >= 4 is 5.91 Å². The van der Waals surface area contributed by atoms with Gasteiger partial charge in [-0.15, -0.1) is 0 Å². The van der Waals surface area contributed by atoms with Crippen molar-refractivity contribution in [3.05, 3.63) is 0 Å². The van der Waals surface area contributed by atoms with Crippen molar-refractivity contribution in [2.45, 2.75) is 46.0 Å². The molecule has 1 saturated carbocycles. The van der Waals surface area contributed by atoms with Gasteiger partial charge in [-0.1, -0.05) is 20.3 Å². The minimum absolute atomic E-state index is 0.162. The Morgan fingerprint density at radius 3 is 2.67 bits per heavy atom. The molecule has 1 unspecified atom stereocenters. The molecule has 1 amide bonds. The van der Waals surface area contributed by atoms with Crippen LogP contribution in [-0.2, 0) is 4.79 Å². The Balaban J connectivity index is 2.16. The van der Waals surface area contributed by atoms with E-state index in [4.69, 9.17) is 5.73 Å². The first-order chi connectivity index (χ1) is 7.12. The molecule has 1 atom stereocenters. The minimum Gasteiger partial charge on any atom is -0.356 e. The standard InChI is InChI=1S/C12H24N2O/c1-3-4-12(5-6-12)9-14-11(15)7-10(2)8-13/h10H,3-9,13H2,1-2H3,(H,14,15). The summed E-state index contributed by atoms with van der Waals surface area (Å²) in [6, 6.07) is 0. The number of nitrogens with two attached hydrogens (primary N) is 1. The largest absolute Gasteiger partial charge is 0.356 e. The summed E-state index contributed by atoms with van der Waals surface area (Å²) < 4.78 is 0. The van der Waals surface area contributed by atoms with Crippen molar-refractivity contribution in [3.8, 4) is 0 Å². The van der Waals surface area contributed by atoms with Crippen molar-refractivity contribution in [2.24, 2.45) is 17.1 Å². The van der Waals surface area contributed by atoms with Crippen molar-refractivity contribution in [3.63, 3.8) is 0 Å². The zero-order valence-electron chi connectivity index (χ0n) is 10.0. The molecule has 0 aromatic rings. The lowest BCUT2D eigenvalue weighted by molar-refractivity contribution is -0.122. The van der Waals surface area contributed by atoms with Crippen LogP contribution in [0, 0.1) is 11.3 Å². The molecule has 0 spiro atoms. The fourth-order valence-electron chi connectivity index (χ4n) is 1.98. The molecule has 3 N–H and O–H groups in total. The molecule has 3 heteroatoms. The first kappa shape index (κ1) is 12.5. The molecule has 0 heterocycles. The Kier molecular flexibility index (Phi) is 4.58. The summed E-state index contributed by atoms with van der Waals surface area (Å²) in [5, 5.41) is 3.04. The van der Waals surface area contributed by atoms with E-state index in [-0.39, 0.29) is 5.91 Å². The second-order valence-corrected chi connectivity index (χ2v) is 5.07. The summed E-state index contributed by atoms with van der Waals surface area (Å²) in [5.74, 6) is 0.460. The van der Waals surface area contributed by atoms with Gasteiger partial charge in [-0.05, 0) is 37.1 Å². The third kappa shape index (κ3) is 4.20. The molecule has 1 aliphatic carbocycles. The number of hydrogen-bond donors (Lipinski definition) is 2. The third-order valence-corrected chi connectivity index (χ3v) is 3.33. The topological polar surface area (TPSA) is 55.1 Å². The molecule has 88 valence electrons. The second kappa shape index (κ2) is 5.50. The molecule has 1 aliphatic rings. The van der Waals surface area contributed by atoms with Gasteiger partial charge in [-0.2, -0.15) is 0 Å². The highest BCUT2D eigenvalue weighted by Crippen LogP contribution is 2.48. The van der Waals surface area contributed by atoms with E-state index in [1.165, 1.54) is 25.7 Å². The Bertz CT molecular complexity index is 212. The lowest BCUT2D eigenvalue weighted by Gasteiger charge is -2.15. The molecule has 0 aromatic heterocycles. The van der Waals surface area contributed by atoms with Crippen LogP contribution in [0.3, 0.4) is 0 Å². The van der Waals surface area contributed by atoms with E-state index in [0.29, 0.717) is 24.3 Å². The van der Waals surface area contributed by atoms with E-state index >= 15 is 0 Å². The maximum atomic E-state index is 11.5. The van der Waals surface area contributed by atoms with Crippen LogP contribution in [0.2, 0.25) is 0 Å². The van der Waals surface area contributed by atoms with Gasteiger partial charge in [-0.25, -0.2) is 0 Å². The van der Waals surface area contributed by atoms with Gasteiger partial charge in [0.15, 0.2) is 0 Å². The Morgan fingerprint density at radius 2 is 2.20 bits per heavy atom. The highest BCUT2D eigenvalue weighted by molar-refractivity contribution is 5.76. The second-order valence-electron chi connectivity index (χ2n) is 5.07.